The van der Waals surface area contributed by atoms with Gasteiger partial charge in [-0.15, -0.1) is 0 Å². The Morgan fingerprint density at radius 1 is 1.26 bits per heavy atom. The highest BCUT2D eigenvalue weighted by atomic mass is 16.5. The van der Waals surface area contributed by atoms with Gasteiger partial charge in [-0.3, -0.25) is 4.90 Å². The fourth-order valence-corrected chi connectivity index (χ4v) is 3.54. The monoisotopic (exact) mass is 270 g/mol. The minimum atomic E-state index is 0.311. The largest absolute Gasteiger partial charge is 0.383 e. The third-order valence-electron chi connectivity index (χ3n) is 4.76. The summed E-state index contributed by atoms with van der Waals surface area (Å²) in [5.41, 5.74) is 0.311. The number of piperazine rings is 1. The first-order valence-corrected chi connectivity index (χ1v) is 7.98. The molecule has 0 aliphatic carbocycles. The Morgan fingerprint density at radius 3 is 2.37 bits per heavy atom. The van der Waals surface area contributed by atoms with Gasteiger partial charge in [-0.1, -0.05) is 27.7 Å². The molecule has 0 spiro atoms. The molecular formula is C16H34N2O. The number of nitrogens with zero attached hydrogens (tertiary/aromatic N) is 1. The summed E-state index contributed by atoms with van der Waals surface area (Å²) in [5, 5.41) is 3.79. The summed E-state index contributed by atoms with van der Waals surface area (Å²) >= 11 is 0. The van der Waals surface area contributed by atoms with E-state index in [0.717, 1.165) is 25.6 Å². The van der Waals surface area contributed by atoms with Gasteiger partial charge >= 0.3 is 0 Å². The molecule has 1 aliphatic rings. The van der Waals surface area contributed by atoms with Crippen LogP contribution in [0.1, 0.15) is 53.9 Å². The Hall–Kier alpha value is -0.120. The van der Waals surface area contributed by atoms with Crippen molar-refractivity contribution in [1.82, 2.24) is 10.2 Å². The molecule has 3 heteroatoms. The molecule has 1 aliphatic heterocycles. The van der Waals surface area contributed by atoms with Crippen LogP contribution in [0.15, 0.2) is 0 Å². The van der Waals surface area contributed by atoms with E-state index in [9.17, 15) is 0 Å². The van der Waals surface area contributed by atoms with Crippen molar-refractivity contribution in [3.05, 3.63) is 0 Å². The molecule has 0 bridgehead atoms. The number of methoxy groups -OCH3 is 1. The van der Waals surface area contributed by atoms with Crippen LogP contribution < -0.4 is 5.32 Å². The van der Waals surface area contributed by atoms with Crippen molar-refractivity contribution in [3.63, 3.8) is 0 Å². The third kappa shape index (κ3) is 4.17. The Kier molecular flexibility index (Phi) is 6.78. The van der Waals surface area contributed by atoms with Crippen molar-refractivity contribution in [2.24, 2.45) is 5.92 Å². The van der Waals surface area contributed by atoms with Crippen LogP contribution in [0.2, 0.25) is 0 Å². The zero-order chi connectivity index (χ0) is 14.5. The highest BCUT2D eigenvalue weighted by molar-refractivity contribution is 4.99. The van der Waals surface area contributed by atoms with E-state index in [2.05, 4.69) is 44.8 Å². The Morgan fingerprint density at radius 2 is 1.89 bits per heavy atom. The average molecular weight is 270 g/mol. The lowest BCUT2D eigenvalue weighted by Gasteiger charge is -2.52. The highest BCUT2D eigenvalue weighted by Gasteiger charge is 2.41. The van der Waals surface area contributed by atoms with Gasteiger partial charge in [0.2, 0.25) is 0 Å². The first kappa shape index (κ1) is 16.9. The number of rotatable bonds is 7. The Bertz CT molecular complexity index is 251. The highest BCUT2D eigenvalue weighted by Crippen LogP contribution is 2.30. The first-order valence-electron chi connectivity index (χ1n) is 7.98. The lowest BCUT2D eigenvalue weighted by atomic mass is 9.84. The van der Waals surface area contributed by atoms with E-state index < -0.39 is 0 Å². The Balaban J connectivity index is 2.79. The predicted molar refractivity (Wildman–Crippen MR) is 82.6 cm³/mol. The van der Waals surface area contributed by atoms with Gasteiger partial charge in [-0.05, 0) is 32.1 Å². The summed E-state index contributed by atoms with van der Waals surface area (Å²) < 4.78 is 5.39. The van der Waals surface area contributed by atoms with Crippen LogP contribution in [0.3, 0.4) is 0 Å². The van der Waals surface area contributed by atoms with E-state index in [1.165, 1.54) is 19.3 Å². The van der Waals surface area contributed by atoms with Crippen LogP contribution in [-0.2, 0) is 4.74 Å². The Labute approximate surface area is 120 Å². The van der Waals surface area contributed by atoms with Crippen molar-refractivity contribution < 1.29 is 4.74 Å². The summed E-state index contributed by atoms with van der Waals surface area (Å²) in [5.74, 6) is 0.757. The topological polar surface area (TPSA) is 24.5 Å². The summed E-state index contributed by atoms with van der Waals surface area (Å²) in [6.45, 7) is 14.7. The van der Waals surface area contributed by atoms with Gasteiger partial charge in [0, 0.05) is 37.8 Å². The lowest BCUT2D eigenvalue weighted by Crippen LogP contribution is -2.67. The normalized spacial score (nSPS) is 25.7. The summed E-state index contributed by atoms with van der Waals surface area (Å²) in [4.78, 5) is 2.71. The lowest BCUT2D eigenvalue weighted by molar-refractivity contribution is -0.0260. The van der Waals surface area contributed by atoms with Crippen molar-refractivity contribution in [2.75, 3.05) is 26.8 Å². The zero-order valence-electron chi connectivity index (χ0n) is 13.8. The third-order valence-corrected chi connectivity index (χ3v) is 4.76. The molecule has 1 heterocycles. The summed E-state index contributed by atoms with van der Waals surface area (Å²) in [6, 6.07) is 1.13. The van der Waals surface area contributed by atoms with Gasteiger partial charge in [-0.2, -0.15) is 0 Å². The molecular weight excluding hydrogens is 236 g/mol. The summed E-state index contributed by atoms with van der Waals surface area (Å²) in [7, 11) is 1.81. The van der Waals surface area contributed by atoms with Crippen molar-refractivity contribution in [3.8, 4) is 0 Å². The fraction of sp³-hybridized carbons (Fsp3) is 1.00. The minimum Gasteiger partial charge on any atom is -0.383 e. The fourth-order valence-electron chi connectivity index (χ4n) is 3.54. The molecule has 1 saturated heterocycles. The number of hydrogen-bond donors (Lipinski definition) is 1. The molecule has 19 heavy (non-hydrogen) atoms. The summed E-state index contributed by atoms with van der Waals surface area (Å²) in [6.07, 6.45) is 3.68. The smallest absolute Gasteiger partial charge is 0.0615 e. The number of hydrogen-bond acceptors (Lipinski definition) is 3. The molecule has 0 aromatic carbocycles. The maximum Gasteiger partial charge on any atom is 0.0615 e. The zero-order valence-corrected chi connectivity index (χ0v) is 13.8. The second-order valence-corrected chi connectivity index (χ2v) is 6.60. The van der Waals surface area contributed by atoms with E-state index in [4.69, 9.17) is 4.74 Å². The van der Waals surface area contributed by atoms with E-state index in [1.54, 1.807) is 0 Å². The molecule has 3 nitrogen and oxygen atoms in total. The van der Waals surface area contributed by atoms with Gasteiger partial charge in [-0.25, -0.2) is 0 Å². The van der Waals surface area contributed by atoms with Gasteiger partial charge in [0.15, 0.2) is 0 Å². The van der Waals surface area contributed by atoms with Crippen molar-refractivity contribution >= 4 is 0 Å². The molecule has 0 saturated carbocycles. The molecule has 1 fully saturated rings. The number of nitrogens with one attached hydrogen (secondary N) is 1. The van der Waals surface area contributed by atoms with Crippen LogP contribution >= 0.6 is 0 Å². The second-order valence-electron chi connectivity index (χ2n) is 6.60. The second kappa shape index (κ2) is 7.61. The first-order chi connectivity index (χ1) is 8.99. The predicted octanol–water partition coefficient (Wildman–Crippen LogP) is 2.90. The van der Waals surface area contributed by atoms with E-state index >= 15 is 0 Å². The average Bonchev–Trinajstić information content (AvgIpc) is 2.38. The molecule has 2 unspecified atom stereocenters. The van der Waals surface area contributed by atoms with Crippen molar-refractivity contribution in [2.45, 2.75) is 71.5 Å². The van der Waals surface area contributed by atoms with Gasteiger partial charge in [0.25, 0.3) is 0 Å². The van der Waals surface area contributed by atoms with E-state index in [-0.39, 0.29) is 0 Å². The van der Waals surface area contributed by atoms with E-state index in [1.807, 2.05) is 7.11 Å². The van der Waals surface area contributed by atoms with Crippen molar-refractivity contribution in [1.29, 1.82) is 0 Å². The molecule has 0 amide bonds. The standard InChI is InChI=1S/C16H34N2O/c1-7-16(8-2)12-17-15(9-13(3)4)10-18(16)14(5)11-19-6/h13-15,17H,7-12H2,1-6H3. The molecule has 2 atom stereocenters. The van der Waals surface area contributed by atoms with Crippen LogP contribution in [0.5, 0.6) is 0 Å². The molecule has 0 aromatic heterocycles. The molecule has 1 rings (SSSR count). The quantitative estimate of drug-likeness (QED) is 0.770. The van der Waals surface area contributed by atoms with Gasteiger partial charge in [0.05, 0.1) is 6.61 Å². The van der Waals surface area contributed by atoms with Crippen LogP contribution in [0.25, 0.3) is 0 Å². The molecule has 0 aromatic rings. The maximum atomic E-state index is 5.39. The number of ether oxygens (including phenoxy) is 1. The molecule has 1 N–H and O–H groups in total. The maximum absolute atomic E-state index is 5.39. The van der Waals surface area contributed by atoms with Gasteiger partial charge < -0.3 is 10.1 Å². The molecule has 0 radical (unpaired) electrons. The van der Waals surface area contributed by atoms with Crippen LogP contribution in [-0.4, -0.2) is 49.3 Å². The molecule has 114 valence electrons. The van der Waals surface area contributed by atoms with Crippen LogP contribution in [0.4, 0.5) is 0 Å². The minimum absolute atomic E-state index is 0.311. The SMILES string of the molecule is CCC1(CC)CNC(CC(C)C)CN1C(C)COC. The van der Waals surface area contributed by atoms with E-state index in [0.29, 0.717) is 17.6 Å². The van der Waals surface area contributed by atoms with Gasteiger partial charge in [0.1, 0.15) is 0 Å². The van der Waals surface area contributed by atoms with Crippen LogP contribution in [0, 0.1) is 5.92 Å².